The summed E-state index contributed by atoms with van der Waals surface area (Å²) in [5.74, 6) is -1.66. The van der Waals surface area contributed by atoms with E-state index in [4.69, 9.17) is 16.3 Å². The Kier molecular flexibility index (Phi) is 6.15. The van der Waals surface area contributed by atoms with Crippen molar-refractivity contribution in [1.29, 1.82) is 0 Å². The quantitative estimate of drug-likeness (QED) is 0.676. The van der Waals surface area contributed by atoms with Gasteiger partial charge in [-0.2, -0.15) is 0 Å². The van der Waals surface area contributed by atoms with E-state index in [0.29, 0.717) is 11.3 Å². The predicted molar refractivity (Wildman–Crippen MR) is 112 cm³/mol. The number of nitrogens with two attached hydrogens (primary N) is 2. The zero-order valence-electron chi connectivity index (χ0n) is 16.7. The van der Waals surface area contributed by atoms with Crippen molar-refractivity contribution in [3.63, 3.8) is 0 Å². The van der Waals surface area contributed by atoms with Gasteiger partial charge in [0.25, 0.3) is 5.91 Å². The molecule has 1 saturated heterocycles. The third-order valence-corrected chi connectivity index (χ3v) is 5.30. The van der Waals surface area contributed by atoms with Gasteiger partial charge in [-0.05, 0) is 29.7 Å². The lowest BCUT2D eigenvalue weighted by Gasteiger charge is -2.35. The Bertz CT molecular complexity index is 972. The number of hydrogen-bond acceptors (Lipinski definition) is 5. The molecule has 0 bridgehead atoms. The molecule has 0 aromatic heterocycles. The van der Waals surface area contributed by atoms with Crippen molar-refractivity contribution in [3.05, 3.63) is 60.2 Å². The number of carbonyl (C=O) groups excluding carboxylic acids is 3. The first kappa shape index (κ1) is 21.0. The van der Waals surface area contributed by atoms with E-state index in [9.17, 15) is 14.4 Å². The molecular formula is C22H24N4O4. The molecule has 1 unspecified atom stereocenters. The van der Waals surface area contributed by atoms with Crippen molar-refractivity contribution in [2.45, 2.75) is 24.8 Å². The highest BCUT2D eigenvalue weighted by molar-refractivity contribution is 6.07. The molecule has 4 N–H and O–H groups in total. The van der Waals surface area contributed by atoms with Gasteiger partial charge in [-0.3, -0.25) is 14.4 Å². The van der Waals surface area contributed by atoms with Gasteiger partial charge in [0, 0.05) is 18.4 Å². The number of rotatable bonds is 7. The highest BCUT2D eigenvalue weighted by Gasteiger charge is 2.51. The fraction of sp³-hybridized carbons (Fsp3) is 0.273. The van der Waals surface area contributed by atoms with Gasteiger partial charge in [0.1, 0.15) is 12.6 Å². The second kappa shape index (κ2) is 8.77. The zero-order chi connectivity index (χ0) is 21.7. The third-order valence-electron chi connectivity index (χ3n) is 5.30. The van der Waals surface area contributed by atoms with E-state index in [1.807, 2.05) is 42.5 Å². The number of primary amides is 2. The molecule has 2 aromatic rings. The van der Waals surface area contributed by atoms with Gasteiger partial charge in [-0.15, -0.1) is 0 Å². The van der Waals surface area contributed by atoms with E-state index in [2.05, 4.69) is 5.16 Å². The Labute approximate surface area is 174 Å². The molecule has 8 nitrogen and oxygen atoms in total. The van der Waals surface area contributed by atoms with E-state index in [1.165, 1.54) is 12.0 Å². The molecule has 0 radical (unpaired) electrons. The van der Waals surface area contributed by atoms with Crippen LogP contribution in [0.25, 0.3) is 11.1 Å². The number of benzene rings is 2. The lowest BCUT2D eigenvalue weighted by molar-refractivity contribution is -0.128. The second-order valence-corrected chi connectivity index (χ2v) is 7.21. The summed E-state index contributed by atoms with van der Waals surface area (Å²) in [6.45, 7) is 0.0782. The second-order valence-electron chi connectivity index (χ2n) is 7.21. The van der Waals surface area contributed by atoms with Gasteiger partial charge in [-0.1, -0.05) is 47.6 Å². The SMILES string of the molecule is CON=C1CN(C(=O)c2ccc(-c3ccccc3)cc2)C(CCC(N)=O)(C(N)=O)C1. The Morgan fingerprint density at radius 2 is 1.67 bits per heavy atom. The van der Waals surface area contributed by atoms with Gasteiger partial charge in [-0.25, -0.2) is 0 Å². The number of amides is 3. The molecule has 1 atom stereocenters. The average Bonchev–Trinajstić information content (AvgIpc) is 3.12. The minimum Gasteiger partial charge on any atom is -0.399 e. The van der Waals surface area contributed by atoms with Crippen molar-refractivity contribution in [1.82, 2.24) is 4.90 Å². The van der Waals surface area contributed by atoms with Crippen LogP contribution in [0.2, 0.25) is 0 Å². The zero-order valence-corrected chi connectivity index (χ0v) is 16.7. The molecule has 0 aliphatic carbocycles. The smallest absolute Gasteiger partial charge is 0.255 e. The number of likely N-dealkylation sites (tertiary alicyclic amines) is 1. The molecule has 3 rings (SSSR count). The van der Waals surface area contributed by atoms with Gasteiger partial charge in [0.05, 0.1) is 12.3 Å². The van der Waals surface area contributed by atoms with Crippen LogP contribution in [0.3, 0.4) is 0 Å². The van der Waals surface area contributed by atoms with E-state index in [-0.39, 0.29) is 31.7 Å². The lowest BCUT2D eigenvalue weighted by Crippen LogP contribution is -2.56. The topological polar surface area (TPSA) is 128 Å². The van der Waals surface area contributed by atoms with Crippen molar-refractivity contribution in [3.8, 4) is 11.1 Å². The summed E-state index contributed by atoms with van der Waals surface area (Å²) >= 11 is 0. The van der Waals surface area contributed by atoms with Crippen molar-refractivity contribution in [2.24, 2.45) is 16.6 Å². The minimum absolute atomic E-state index is 0.0221. The van der Waals surface area contributed by atoms with Crippen molar-refractivity contribution in [2.75, 3.05) is 13.7 Å². The number of oxime groups is 1. The molecule has 156 valence electrons. The van der Waals surface area contributed by atoms with Crippen LogP contribution in [0.4, 0.5) is 0 Å². The summed E-state index contributed by atoms with van der Waals surface area (Å²) in [6.07, 6.45) is 0.0332. The van der Waals surface area contributed by atoms with Crippen molar-refractivity contribution < 1.29 is 19.2 Å². The molecule has 1 heterocycles. The first-order valence-corrected chi connectivity index (χ1v) is 9.52. The minimum atomic E-state index is -1.39. The van der Waals surface area contributed by atoms with Crippen LogP contribution in [-0.4, -0.2) is 47.5 Å². The molecule has 8 heteroatoms. The van der Waals surface area contributed by atoms with Crippen LogP contribution in [-0.2, 0) is 14.4 Å². The largest absolute Gasteiger partial charge is 0.399 e. The lowest BCUT2D eigenvalue weighted by atomic mass is 9.88. The van der Waals surface area contributed by atoms with Crippen LogP contribution in [0.5, 0.6) is 0 Å². The summed E-state index contributed by atoms with van der Waals surface area (Å²) in [5.41, 5.74) is 12.5. The van der Waals surface area contributed by atoms with Crippen LogP contribution < -0.4 is 11.5 Å². The van der Waals surface area contributed by atoms with Gasteiger partial charge >= 0.3 is 0 Å². The average molecular weight is 408 g/mol. The molecule has 0 saturated carbocycles. The molecule has 2 aromatic carbocycles. The molecule has 30 heavy (non-hydrogen) atoms. The summed E-state index contributed by atoms with van der Waals surface area (Å²) < 4.78 is 0. The highest BCUT2D eigenvalue weighted by Crippen LogP contribution is 2.34. The molecule has 1 fully saturated rings. The molecule has 3 amide bonds. The van der Waals surface area contributed by atoms with Crippen LogP contribution in [0.1, 0.15) is 29.6 Å². The standard InChI is InChI=1S/C22H24N4O4/c1-30-25-18-13-22(21(24)29,12-11-19(23)27)26(14-18)20(28)17-9-7-16(8-10-17)15-5-3-2-4-6-15/h2-10H,11-14H2,1H3,(H2,23,27)(H2,24,29). The fourth-order valence-corrected chi connectivity index (χ4v) is 3.77. The third kappa shape index (κ3) is 4.17. The first-order chi connectivity index (χ1) is 14.4. The van der Waals surface area contributed by atoms with E-state index in [1.54, 1.807) is 12.1 Å². The maximum atomic E-state index is 13.3. The Morgan fingerprint density at radius 3 is 2.23 bits per heavy atom. The van der Waals surface area contributed by atoms with Gasteiger partial charge in [0.15, 0.2) is 0 Å². The Morgan fingerprint density at radius 1 is 1.03 bits per heavy atom. The predicted octanol–water partition coefficient (Wildman–Crippen LogP) is 1.69. The first-order valence-electron chi connectivity index (χ1n) is 9.52. The summed E-state index contributed by atoms with van der Waals surface area (Å²) in [7, 11) is 1.38. The fourth-order valence-electron chi connectivity index (χ4n) is 3.77. The summed E-state index contributed by atoms with van der Waals surface area (Å²) in [4.78, 5) is 43.3. The van der Waals surface area contributed by atoms with E-state index < -0.39 is 17.4 Å². The van der Waals surface area contributed by atoms with Crippen LogP contribution >= 0.6 is 0 Å². The van der Waals surface area contributed by atoms with Crippen molar-refractivity contribution >= 4 is 23.4 Å². The molecule has 1 aliphatic heterocycles. The van der Waals surface area contributed by atoms with Crippen LogP contribution in [0.15, 0.2) is 59.8 Å². The number of carbonyl (C=O) groups is 3. The normalized spacial score (nSPS) is 19.6. The molecule has 1 aliphatic rings. The summed E-state index contributed by atoms with van der Waals surface area (Å²) in [5, 5.41) is 3.91. The maximum Gasteiger partial charge on any atom is 0.255 e. The van der Waals surface area contributed by atoms with Gasteiger partial charge in [0.2, 0.25) is 11.8 Å². The summed E-state index contributed by atoms with van der Waals surface area (Å²) in [6, 6.07) is 16.9. The molecular weight excluding hydrogens is 384 g/mol. The number of nitrogens with zero attached hydrogens (tertiary/aromatic N) is 2. The van der Waals surface area contributed by atoms with Crippen LogP contribution in [0, 0.1) is 0 Å². The monoisotopic (exact) mass is 408 g/mol. The Balaban J connectivity index is 1.93. The van der Waals surface area contributed by atoms with Gasteiger partial charge < -0.3 is 21.2 Å². The molecule has 0 spiro atoms. The van der Waals surface area contributed by atoms with E-state index >= 15 is 0 Å². The number of hydrogen-bond donors (Lipinski definition) is 2. The Hall–Kier alpha value is -3.68. The van der Waals surface area contributed by atoms with E-state index in [0.717, 1.165) is 11.1 Å². The highest BCUT2D eigenvalue weighted by atomic mass is 16.6. The maximum absolute atomic E-state index is 13.3.